The van der Waals surface area contributed by atoms with Crippen molar-refractivity contribution in [3.8, 4) is 0 Å². The van der Waals surface area contributed by atoms with E-state index in [1.165, 1.54) is 17.8 Å². The van der Waals surface area contributed by atoms with Gasteiger partial charge in [-0.2, -0.15) is 5.10 Å². The van der Waals surface area contributed by atoms with Crippen molar-refractivity contribution in [2.24, 2.45) is 0 Å². The molecule has 108 valence electrons. The number of rotatable bonds is 4. The maximum absolute atomic E-state index is 12.6. The van der Waals surface area contributed by atoms with Gasteiger partial charge in [0.25, 0.3) is 5.91 Å². The zero-order valence-electron chi connectivity index (χ0n) is 11.7. The smallest absolute Gasteiger partial charge is 0.272 e. The fourth-order valence-electron chi connectivity index (χ4n) is 2.52. The summed E-state index contributed by atoms with van der Waals surface area (Å²) in [6.45, 7) is 6.35. The molecule has 1 N–H and O–H groups in total. The highest BCUT2D eigenvalue weighted by atomic mass is 16.2. The van der Waals surface area contributed by atoms with E-state index in [4.69, 9.17) is 0 Å². The number of hydrogen-bond acceptors (Lipinski definition) is 3. The van der Waals surface area contributed by atoms with Gasteiger partial charge in [0.15, 0.2) is 0 Å². The number of hydrogen-bond donors (Lipinski definition) is 1. The summed E-state index contributed by atoms with van der Waals surface area (Å²) >= 11 is 0. The van der Waals surface area contributed by atoms with E-state index in [1.54, 1.807) is 12.3 Å². The van der Waals surface area contributed by atoms with Gasteiger partial charge in [-0.3, -0.25) is 9.59 Å². The number of nitrogens with one attached hydrogen (secondary N) is 1. The van der Waals surface area contributed by atoms with Crippen LogP contribution in [0.5, 0.6) is 0 Å². The minimum Gasteiger partial charge on any atom is -0.354 e. The quantitative estimate of drug-likeness (QED) is 0.896. The highest BCUT2D eigenvalue weighted by Gasteiger charge is 2.28. The van der Waals surface area contributed by atoms with Gasteiger partial charge in [-0.15, -0.1) is 0 Å². The summed E-state index contributed by atoms with van der Waals surface area (Å²) in [5.41, 5.74) is 0.509. The lowest BCUT2D eigenvalue weighted by Gasteiger charge is -2.35. The fraction of sp³-hybridized carbons (Fsp3) is 0.500. The lowest BCUT2D eigenvalue weighted by molar-refractivity contribution is -0.119. The van der Waals surface area contributed by atoms with Crippen molar-refractivity contribution >= 4 is 18.0 Å². The van der Waals surface area contributed by atoms with Gasteiger partial charge in [0, 0.05) is 32.3 Å². The van der Waals surface area contributed by atoms with Gasteiger partial charge in [-0.1, -0.05) is 6.58 Å². The van der Waals surface area contributed by atoms with Crippen LogP contribution >= 0.6 is 0 Å². The standard InChI is InChI=1S/C14H20N4O2/c1-3-18-13(7-8-16-18)14(20)17-9-5-4-6-12(17)10-15-11(2)19/h3,7-8,12H,1,4-6,9-10H2,2H3,(H,15,19). The van der Waals surface area contributed by atoms with Gasteiger partial charge in [-0.25, -0.2) is 4.68 Å². The molecule has 0 aliphatic carbocycles. The van der Waals surface area contributed by atoms with E-state index in [0.717, 1.165) is 19.3 Å². The van der Waals surface area contributed by atoms with Crippen molar-refractivity contribution in [1.29, 1.82) is 0 Å². The van der Waals surface area contributed by atoms with E-state index < -0.39 is 0 Å². The van der Waals surface area contributed by atoms with Crippen molar-refractivity contribution in [3.63, 3.8) is 0 Å². The lowest BCUT2D eigenvalue weighted by atomic mass is 10.0. The van der Waals surface area contributed by atoms with Crippen molar-refractivity contribution in [3.05, 3.63) is 24.5 Å². The summed E-state index contributed by atoms with van der Waals surface area (Å²) in [5.74, 6) is -0.128. The first-order chi connectivity index (χ1) is 9.63. The van der Waals surface area contributed by atoms with Crippen LogP contribution in [0.2, 0.25) is 0 Å². The molecule has 2 heterocycles. The lowest BCUT2D eigenvalue weighted by Crippen LogP contribution is -2.49. The topological polar surface area (TPSA) is 67.2 Å². The number of likely N-dealkylation sites (tertiary alicyclic amines) is 1. The number of aromatic nitrogens is 2. The summed E-state index contributed by atoms with van der Waals surface area (Å²) in [7, 11) is 0. The molecule has 1 fully saturated rings. The summed E-state index contributed by atoms with van der Waals surface area (Å²) in [6.07, 6.45) is 6.08. The molecular formula is C14H20N4O2. The zero-order valence-corrected chi connectivity index (χ0v) is 11.7. The van der Waals surface area contributed by atoms with E-state index in [9.17, 15) is 9.59 Å². The highest BCUT2D eigenvalue weighted by Crippen LogP contribution is 2.19. The molecule has 0 aromatic carbocycles. The molecule has 1 atom stereocenters. The second-order valence-electron chi connectivity index (χ2n) is 4.93. The Morgan fingerprint density at radius 1 is 1.55 bits per heavy atom. The molecule has 1 aromatic heterocycles. The second kappa shape index (κ2) is 6.36. The van der Waals surface area contributed by atoms with E-state index >= 15 is 0 Å². The molecular weight excluding hydrogens is 256 g/mol. The largest absolute Gasteiger partial charge is 0.354 e. The molecule has 1 aliphatic heterocycles. The molecule has 20 heavy (non-hydrogen) atoms. The van der Waals surface area contributed by atoms with Crippen molar-refractivity contribution in [2.45, 2.75) is 32.2 Å². The number of nitrogens with zero attached hydrogens (tertiary/aromatic N) is 3. The molecule has 0 bridgehead atoms. The summed E-state index contributed by atoms with van der Waals surface area (Å²) < 4.78 is 1.48. The Bertz CT molecular complexity index is 509. The zero-order chi connectivity index (χ0) is 14.5. The van der Waals surface area contributed by atoms with Gasteiger partial charge in [0.2, 0.25) is 5.91 Å². The highest BCUT2D eigenvalue weighted by molar-refractivity contribution is 5.93. The number of amides is 2. The first-order valence-electron chi connectivity index (χ1n) is 6.85. The minimum absolute atomic E-state index is 0.0494. The molecule has 0 saturated carbocycles. The Hall–Kier alpha value is -2.11. The molecule has 6 heteroatoms. The second-order valence-corrected chi connectivity index (χ2v) is 4.93. The van der Waals surface area contributed by atoms with Crippen LogP contribution in [0.3, 0.4) is 0 Å². The normalized spacial score (nSPS) is 18.6. The summed E-state index contributed by atoms with van der Waals surface area (Å²) in [6, 6.07) is 1.74. The summed E-state index contributed by atoms with van der Waals surface area (Å²) in [4.78, 5) is 25.5. The van der Waals surface area contributed by atoms with Crippen LogP contribution in [-0.2, 0) is 4.79 Å². The average molecular weight is 276 g/mol. The Morgan fingerprint density at radius 3 is 3.05 bits per heavy atom. The number of carbonyl (C=O) groups excluding carboxylic acids is 2. The Morgan fingerprint density at radius 2 is 2.35 bits per heavy atom. The predicted molar refractivity (Wildman–Crippen MR) is 76.0 cm³/mol. The number of piperidine rings is 1. The Kier molecular flexibility index (Phi) is 4.55. The fourth-order valence-corrected chi connectivity index (χ4v) is 2.52. The van der Waals surface area contributed by atoms with Crippen molar-refractivity contribution < 1.29 is 9.59 Å². The third-order valence-corrected chi connectivity index (χ3v) is 3.54. The van der Waals surface area contributed by atoms with Crippen molar-refractivity contribution in [1.82, 2.24) is 20.0 Å². The first-order valence-corrected chi connectivity index (χ1v) is 6.85. The minimum atomic E-state index is -0.0703. The van der Waals surface area contributed by atoms with Crippen LogP contribution in [-0.4, -0.2) is 45.6 Å². The maximum Gasteiger partial charge on any atom is 0.272 e. The molecule has 6 nitrogen and oxygen atoms in total. The Balaban J connectivity index is 2.12. The van der Waals surface area contributed by atoms with Gasteiger partial charge in [-0.05, 0) is 25.3 Å². The predicted octanol–water partition coefficient (Wildman–Crippen LogP) is 1.11. The monoisotopic (exact) mass is 276 g/mol. The molecule has 0 spiro atoms. The molecule has 1 saturated heterocycles. The van der Waals surface area contributed by atoms with Crippen LogP contribution in [0.15, 0.2) is 18.8 Å². The van der Waals surface area contributed by atoms with E-state index in [2.05, 4.69) is 17.0 Å². The van der Waals surface area contributed by atoms with Crippen LogP contribution in [0.25, 0.3) is 6.20 Å². The Labute approximate surface area is 118 Å². The van der Waals surface area contributed by atoms with Crippen LogP contribution in [0.4, 0.5) is 0 Å². The summed E-state index contributed by atoms with van der Waals surface area (Å²) in [5, 5.41) is 6.83. The van der Waals surface area contributed by atoms with Gasteiger partial charge in [0.1, 0.15) is 5.69 Å². The third kappa shape index (κ3) is 3.07. The van der Waals surface area contributed by atoms with E-state index in [-0.39, 0.29) is 17.9 Å². The molecule has 0 radical (unpaired) electrons. The van der Waals surface area contributed by atoms with Crippen LogP contribution in [0, 0.1) is 0 Å². The van der Waals surface area contributed by atoms with Crippen LogP contribution < -0.4 is 5.32 Å². The van der Waals surface area contributed by atoms with E-state index in [1.807, 2.05) is 4.90 Å². The molecule has 2 amide bonds. The SMILES string of the molecule is C=Cn1nccc1C(=O)N1CCCCC1CNC(C)=O. The van der Waals surface area contributed by atoms with E-state index in [0.29, 0.717) is 18.8 Å². The van der Waals surface area contributed by atoms with Gasteiger partial charge >= 0.3 is 0 Å². The van der Waals surface area contributed by atoms with Crippen LogP contribution in [0.1, 0.15) is 36.7 Å². The molecule has 1 aromatic rings. The molecule has 2 rings (SSSR count). The molecule has 1 aliphatic rings. The number of carbonyl (C=O) groups is 2. The van der Waals surface area contributed by atoms with Crippen molar-refractivity contribution in [2.75, 3.05) is 13.1 Å². The maximum atomic E-state index is 12.6. The molecule has 1 unspecified atom stereocenters. The average Bonchev–Trinajstić information content (AvgIpc) is 2.93. The third-order valence-electron chi connectivity index (χ3n) is 3.54. The first kappa shape index (κ1) is 14.3. The van der Waals surface area contributed by atoms with Gasteiger partial charge < -0.3 is 10.2 Å². The van der Waals surface area contributed by atoms with Gasteiger partial charge in [0.05, 0.1) is 6.20 Å².